The molecule has 1 atom stereocenters. The van der Waals surface area contributed by atoms with E-state index in [1.54, 1.807) is 0 Å². The van der Waals surface area contributed by atoms with Crippen LogP contribution in [0, 0.1) is 0 Å². The number of nitrogens with zero attached hydrogens (tertiary/aromatic N) is 1. The van der Waals surface area contributed by atoms with Gasteiger partial charge in [0.1, 0.15) is 11.9 Å². The maximum Gasteiger partial charge on any atom is 0.416 e. The first-order chi connectivity index (χ1) is 10.2. The lowest BCUT2D eigenvalue weighted by Crippen LogP contribution is -2.39. The Balaban J connectivity index is 2.06. The molecule has 1 saturated heterocycles. The van der Waals surface area contributed by atoms with E-state index in [1.165, 1.54) is 16.4 Å². The zero-order valence-corrected chi connectivity index (χ0v) is 12.7. The second kappa shape index (κ2) is 6.43. The van der Waals surface area contributed by atoms with Gasteiger partial charge >= 0.3 is 6.18 Å². The highest BCUT2D eigenvalue weighted by Gasteiger charge is 2.30. The van der Waals surface area contributed by atoms with Crippen molar-refractivity contribution in [3.63, 3.8) is 0 Å². The third-order valence-electron chi connectivity index (χ3n) is 3.15. The Labute approximate surface area is 126 Å². The molecule has 0 aromatic heterocycles. The van der Waals surface area contributed by atoms with Crippen LogP contribution < -0.4 is 4.74 Å². The second-order valence-electron chi connectivity index (χ2n) is 4.96. The highest BCUT2D eigenvalue weighted by Crippen LogP contribution is 2.30. The Morgan fingerprint density at radius 3 is 2.45 bits per heavy atom. The third kappa shape index (κ3) is 4.59. The molecule has 9 heteroatoms. The largest absolute Gasteiger partial charge is 0.487 e. The number of halogens is 3. The van der Waals surface area contributed by atoms with Crippen LogP contribution >= 0.6 is 0 Å². The molecule has 1 unspecified atom stereocenters. The zero-order valence-electron chi connectivity index (χ0n) is 11.8. The van der Waals surface area contributed by atoms with Crippen molar-refractivity contribution in [3.05, 3.63) is 29.8 Å². The normalized spacial score (nSPS) is 21.4. The first kappa shape index (κ1) is 17.0. The molecule has 0 bridgehead atoms. The van der Waals surface area contributed by atoms with Crippen molar-refractivity contribution in [2.24, 2.45) is 0 Å². The van der Waals surface area contributed by atoms with Gasteiger partial charge in [-0.1, -0.05) is 0 Å². The minimum atomic E-state index is -4.41. The number of benzene rings is 1. The van der Waals surface area contributed by atoms with Crippen LogP contribution in [0.3, 0.4) is 0 Å². The Morgan fingerprint density at radius 1 is 1.27 bits per heavy atom. The fourth-order valence-corrected chi connectivity index (χ4v) is 2.88. The van der Waals surface area contributed by atoms with Gasteiger partial charge in [0.15, 0.2) is 0 Å². The third-order valence-corrected chi connectivity index (χ3v) is 4.42. The van der Waals surface area contributed by atoms with Crippen LogP contribution in [0.25, 0.3) is 0 Å². The molecule has 1 fully saturated rings. The molecule has 1 aromatic rings. The summed E-state index contributed by atoms with van der Waals surface area (Å²) in [5, 5.41) is 0. The highest BCUT2D eigenvalue weighted by molar-refractivity contribution is 7.88. The molecule has 1 aliphatic rings. The summed E-state index contributed by atoms with van der Waals surface area (Å²) in [5.41, 5.74) is -0.769. The molecule has 0 radical (unpaired) electrons. The fourth-order valence-electron chi connectivity index (χ4n) is 2.04. The summed E-state index contributed by atoms with van der Waals surface area (Å²) in [6, 6.07) is 4.25. The average molecular weight is 339 g/mol. The molecule has 0 saturated carbocycles. The second-order valence-corrected chi connectivity index (χ2v) is 6.94. The first-order valence-corrected chi connectivity index (χ1v) is 8.38. The summed E-state index contributed by atoms with van der Waals surface area (Å²) in [5.74, 6) is 0.233. The monoisotopic (exact) mass is 339 g/mol. The summed E-state index contributed by atoms with van der Waals surface area (Å²) in [4.78, 5) is 0. The van der Waals surface area contributed by atoms with Crippen LogP contribution in [-0.2, 0) is 20.9 Å². The van der Waals surface area contributed by atoms with Crippen molar-refractivity contribution in [1.82, 2.24) is 4.31 Å². The predicted octanol–water partition coefficient (Wildman–Crippen LogP) is 1.74. The molecule has 0 N–H and O–H groups in total. The molecular formula is C13H16F3NO4S. The van der Waals surface area contributed by atoms with Crippen LogP contribution in [0.2, 0.25) is 0 Å². The predicted molar refractivity (Wildman–Crippen MR) is 73.1 cm³/mol. The van der Waals surface area contributed by atoms with Crippen LogP contribution in [0.5, 0.6) is 5.75 Å². The van der Waals surface area contributed by atoms with Crippen molar-refractivity contribution in [2.75, 3.05) is 32.6 Å². The topological polar surface area (TPSA) is 55.8 Å². The molecule has 1 aromatic carbocycles. The maximum atomic E-state index is 12.5. The van der Waals surface area contributed by atoms with Gasteiger partial charge in [-0.2, -0.15) is 17.5 Å². The quantitative estimate of drug-likeness (QED) is 0.842. The lowest BCUT2D eigenvalue weighted by molar-refractivity contribution is -0.137. The standard InChI is InChI=1S/C13H16F3NO4S/c1-22(18,19)17-6-7-20-9-12(8-17)21-11-4-2-10(3-5-11)13(14,15)16/h2-5,12H,6-9H2,1H3. The molecule has 5 nitrogen and oxygen atoms in total. The van der Waals surface area contributed by atoms with Crippen molar-refractivity contribution < 1.29 is 31.1 Å². The fraction of sp³-hybridized carbons (Fsp3) is 0.538. The number of hydrogen-bond donors (Lipinski definition) is 0. The molecule has 0 spiro atoms. The maximum absolute atomic E-state index is 12.5. The van der Waals surface area contributed by atoms with E-state index in [9.17, 15) is 21.6 Å². The van der Waals surface area contributed by atoms with Gasteiger partial charge in [-0.05, 0) is 24.3 Å². The highest BCUT2D eigenvalue weighted by atomic mass is 32.2. The molecule has 124 valence electrons. The van der Waals surface area contributed by atoms with Gasteiger partial charge in [0.05, 0.1) is 31.6 Å². The summed E-state index contributed by atoms with van der Waals surface area (Å²) in [6.45, 7) is 0.749. The lowest BCUT2D eigenvalue weighted by atomic mass is 10.2. The molecule has 1 heterocycles. The van der Waals surface area contributed by atoms with Crippen molar-refractivity contribution >= 4 is 10.0 Å². The first-order valence-electron chi connectivity index (χ1n) is 6.53. The lowest BCUT2D eigenvalue weighted by Gasteiger charge is -2.22. The Morgan fingerprint density at radius 2 is 1.91 bits per heavy atom. The van der Waals surface area contributed by atoms with Gasteiger partial charge in [-0.3, -0.25) is 0 Å². The number of ether oxygens (including phenoxy) is 2. The van der Waals surface area contributed by atoms with Crippen LogP contribution in [0.1, 0.15) is 5.56 Å². The van der Waals surface area contributed by atoms with Crippen LogP contribution in [0.15, 0.2) is 24.3 Å². The van der Waals surface area contributed by atoms with Gasteiger partial charge in [-0.25, -0.2) is 8.42 Å². The van der Waals surface area contributed by atoms with Gasteiger partial charge in [-0.15, -0.1) is 0 Å². The number of alkyl halides is 3. The Bertz CT molecular complexity index is 601. The van der Waals surface area contributed by atoms with Gasteiger partial charge in [0.2, 0.25) is 10.0 Å². The van der Waals surface area contributed by atoms with E-state index >= 15 is 0 Å². The molecule has 22 heavy (non-hydrogen) atoms. The SMILES string of the molecule is CS(=O)(=O)N1CCOCC(Oc2ccc(C(F)(F)F)cc2)C1. The van der Waals surface area contributed by atoms with Crippen LogP contribution in [-0.4, -0.2) is 51.4 Å². The van der Waals surface area contributed by atoms with Crippen molar-refractivity contribution in [1.29, 1.82) is 0 Å². The average Bonchev–Trinajstić information content (AvgIpc) is 2.63. The van der Waals surface area contributed by atoms with Gasteiger partial charge in [0.25, 0.3) is 0 Å². The van der Waals surface area contributed by atoms with Crippen molar-refractivity contribution in [2.45, 2.75) is 12.3 Å². The zero-order chi connectivity index (χ0) is 16.4. The minimum absolute atomic E-state index is 0.0971. The summed E-state index contributed by atoms with van der Waals surface area (Å²) >= 11 is 0. The smallest absolute Gasteiger partial charge is 0.416 e. The Hall–Kier alpha value is -1.32. The van der Waals surface area contributed by atoms with E-state index in [1.807, 2.05) is 0 Å². The van der Waals surface area contributed by atoms with Crippen molar-refractivity contribution in [3.8, 4) is 5.75 Å². The molecule has 2 rings (SSSR count). The number of sulfonamides is 1. The van der Waals surface area contributed by atoms with E-state index in [2.05, 4.69) is 0 Å². The molecule has 0 amide bonds. The number of hydrogen-bond acceptors (Lipinski definition) is 4. The summed E-state index contributed by atoms with van der Waals surface area (Å²) in [7, 11) is -3.38. The van der Waals surface area contributed by atoms with Gasteiger partial charge < -0.3 is 9.47 Å². The Kier molecular flexibility index (Phi) is 4.98. The van der Waals surface area contributed by atoms with E-state index in [-0.39, 0.29) is 32.1 Å². The van der Waals surface area contributed by atoms with E-state index in [0.29, 0.717) is 0 Å². The minimum Gasteiger partial charge on any atom is -0.487 e. The molecule has 1 aliphatic heterocycles. The summed E-state index contributed by atoms with van der Waals surface area (Å²) < 4.78 is 72.6. The summed E-state index contributed by atoms with van der Waals surface area (Å²) in [6.07, 6.45) is -3.89. The van der Waals surface area contributed by atoms with E-state index in [0.717, 1.165) is 18.4 Å². The molecule has 0 aliphatic carbocycles. The van der Waals surface area contributed by atoms with E-state index in [4.69, 9.17) is 9.47 Å². The van der Waals surface area contributed by atoms with Crippen LogP contribution in [0.4, 0.5) is 13.2 Å². The van der Waals surface area contributed by atoms with Gasteiger partial charge in [0, 0.05) is 6.54 Å². The molecular weight excluding hydrogens is 323 g/mol. The van der Waals surface area contributed by atoms with E-state index < -0.39 is 27.9 Å². The number of rotatable bonds is 3.